The lowest BCUT2D eigenvalue weighted by molar-refractivity contribution is -0.145. The molecular formula is C12H18O3. The minimum Gasteiger partial charge on any atom is -0.466 e. The normalized spacial score (nSPS) is 40.7. The van der Waals surface area contributed by atoms with Crippen molar-refractivity contribution in [3.05, 3.63) is 0 Å². The molecule has 0 aromatic carbocycles. The van der Waals surface area contributed by atoms with Gasteiger partial charge in [0.25, 0.3) is 0 Å². The summed E-state index contributed by atoms with van der Waals surface area (Å²) in [6.45, 7) is 6.46. The zero-order valence-electron chi connectivity index (χ0n) is 9.53. The Labute approximate surface area is 90.2 Å². The van der Waals surface area contributed by atoms with Crippen LogP contribution in [-0.4, -0.2) is 18.9 Å². The second-order valence-corrected chi connectivity index (χ2v) is 5.28. The number of ether oxygens (including phenoxy) is 1. The molecule has 0 spiro atoms. The van der Waals surface area contributed by atoms with Crippen LogP contribution in [-0.2, 0) is 14.3 Å². The zero-order chi connectivity index (χ0) is 11.2. The van der Waals surface area contributed by atoms with Crippen molar-refractivity contribution < 1.29 is 14.3 Å². The highest BCUT2D eigenvalue weighted by atomic mass is 16.5. The summed E-state index contributed by atoms with van der Waals surface area (Å²) in [5, 5.41) is 0. The highest BCUT2D eigenvalue weighted by Crippen LogP contribution is 2.68. The van der Waals surface area contributed by atoms with E-state index in [-0.39, 0.29) is 23.2 Å². The number of rotatable bonds is 4. The van der Waals surface area contributed by atoms with Gasteiger partial charge in [0.2, 0.25) is 0 Å². The van der Waals surface area contributed by atoms with Gasteiger partial charge < -0.3 is 9.53 Å². The Morgan fingerprint density at radius 2 is 2.20 bits per heavy atom. The van der Waals surface area contributed by atoms with E-state index in [0.29, 0.717) is 18.4 Å². The maximum atomic E-state index is 11.6. The third-order valence-corrected chi connectivity index (χ3v) is 3.98. The van der Waals surface area contributed by atoms with Crippen LogP contribution in [0, 0.1) is 29.1 Å². The topological polar surface area (TPSA) is 43.4 Å². The van der Waals surface area contributed by atoms with Crippen molar-refractivity contribution in [1.82, 2.24) is 0 Å². The fourth-order valence-corrected chi connectivity index (χ4v) is 2.96. The Hall–Kier alpha value is -0.860. The predicted octanol–water partition coefficient (Wildman–Crippen LogP) is 1.66. The maximum Gasteiger partial charge on any atom is 0.309 e. The summed E-state index contributed by atoms with van der Waals surface area (Å²) in [4.78, 5) is 22.3. The molecule has 0 amide bonds. The molecule has 15 heavy (non-hydrogen) atoms. The first-order valence-corrected chi connectivity index (χ1v) is 5.66. The van der Waals surface area contributed by atoms with Crippen molar-refractivity contribution in [3.8, 4) is 0 Å². The van der Waals surface area contributed by atoms with E-state index in [1.807, 2.05) is 6.92 Å². The first kappa shape index (κ1) is 10.7. The van der Waals surface area contributed by atoms with Crippen LogP contribution in [0.15, 0.2) is 0 Å². The van der Waals surface area contributed by atoms with Crippen LogP contribution in [0.25, 0.3) is 0 Å². The van der Waals surface area contributed by atoms with Crippen LogP contribution in [0.2, 0.25) is 0 Å². The van der Waals surface area contributed by atoms with E-state index in [2.05, 4.69) is 13.8 Å². The molecule has 2 rings (SSSR count). The number of esters is 1. The SMILES string of the molecule is CCOC(=O)C1C(C2CC2C=O)C1(C)C. The second kappa shape index (κ2) is 3.32. The molecule has 2 fully saturated rings. The van der Waals surface area contributed by atoms with Crippen LogP contribution < -0.4 is 0 Å². The third-order valence-electron chi connectivity index (χ3n) is 3.98. The van der Waals surface area contributed by atoms with Gasteiger partial charge in [-0.3, -0.25) is 4.79 Å². The first-order valence-electron chi connectivity index (χ1n) is 5.66. The lowest BCUT2D eigenvalue weighted by Crippen LogP contribution is -2.10. The van der Waals surface area contributed by atoms with Crippen molar-refractivity contribution in [2.45, 2.75) is 27.2 Å². The minimum atomic E-state index is -0.0796. The molecule has 2 aliphatic carbocycles. The quantitative estimate of drug-likeness (QED) is 0.523. The summed E-state index contributed by atoms with van der Waals surface area (Å²) >= 11 is 0. The highest BCUT2D eigenvalue weighted by molar-refractivity contribution is 5.78. The number of hydrogen-bond donors (Lipinski definition) is 0. The Morgan fingerprint density at radius 3 is 2.67 bits per heavy atom. The summed E-state index contributed by atoms with van der Waals surface area (Å²) in [7, 11) is 0. The second-order valence-electron chi connectivity index (χ2n) is 5.28. The van der Waals surface area contributed by atoms with Crippen molar-refractivity contribution in [2.24, 2.45) is 29.1 Å². The Kier molecular flexibility index (Phi) is 2.36. The maximum absolute atomic E-state index is 11.6. The Balaban J connectivity index is 1.98. The zero-order valence-corrected chi connectivity index (χ0v) is 9.53. The number of carbonyl (C=O) groups excluding carboxylic acids is 2. The molecule has 0 aromatic heterocycles. The summed E-state index contributed by atoms with van der Waals surface area (Å²) in [6, 6.07) is 0. The van der Waals surface area contributed by atoms with Gasteiger partial charge in [-0.25, -0.2) is 0 Å². The molecule has 0 aliphatic heterocycles. The molecule has 0 N–H and O–H groups in total. The lowest BCUT2D eigenvalue weighted by atomic mass is 10.1. The van der Waals surface area contributed by atoms with E-state index >= 15 is 0 Å². The summed E-state index contributed by atoms with van der Waals surface area (Å²) in [5.74, 6) is 0.948. The van der Waals surface area contributed by atoms with Crippen LogP contribution in [0.4, 0.5) is 0 Å². The average Bonchev–Trinajstić information content (AvgIpc) is 3.00. The van der Waals surface area contributed by atoms with Crippen LogP contribution in [0.3, 0.4) is 0 Å². The van der Waals surface area contributed by atoms with Gasteiger partial charge in [0.15, 0.2) is 0 Å². The van der Waals surface area contributed by atoms with Crippen LogP contribution >= 0.6 is 0 Å². The van der Waals surface area contributed by atoms with Crippen molar-refractivity contribution in [3.63, 3.8) is 0 Å². The average molecular weight is 210 g/mol. The molecule has 4 atom stereocenters. The molecular weight excluding hydrogens is 192 g/mol. The Morgan fingerprint density at radius 1 is 1.53 bits per heavy atom. The lowest BCUT2D eigenvalue weighted by Gasteiger charge is -2.01. The molecule has 0 heterocycles. The molecule has 2 aliphatic rings. The summed E-state index contributed by atoms with van der Waals surface area (Å²) < 4.78 is 5.05. The van der Waals surface area contributed by atoms with E-state index in [1.54, 1.807) is 0 Å². The largest absolute Gasteiger partial charge is 0.466 e. The number of hydrogen-bond acceptors (Lipinski definition) is 3. The molecule has 4 unspecified atom stereocenters. The summed E-state index contributed by atoms with van der Waals surface area (Å²) in [5.41, 5.74) is 0.0364. The molecule has 0 saturated heterocycles. The van der Waals surface area contributed by atoms with Gasteiger partial charge in [0.1, 0.15) is 6.29 Å². The summed E-state index contributed by atoms with van der Waals surface area (Å²) in [6.07, 6.45) is 1.99. The first-order chi connectivity index (χ1) is 7.04. The van der Waals surface area contributed by atoms with E-state index < -0.39 is 0 Å². The van der Waals surface area contributed by atoms with Gasteiger partial charge in [0, 0.05) is 5.92 Å². The molecule has 0 bridgehead atoms. The Bertz CT molecular complexity index is 295. The highest BCUT2D eigenvalue weighted by Gasteiger charge is 2.69. The van der Waals surface area contributed by atoms with Gasteiger partial charge >= 0.3 is 5.97 Å². The smallest absolute Gasteiger partial charge is 0.309 e. The van der Waals surface area contributed by atoms with Crippen LogP contribution in [0.5, 0.6) is 0 Å². The fourth-order valence-electron chi connectivity index (χ4n) is 2.96. The number of carbonyl (C=O) groups is 2. The van der Waals surface area contributed by atoms with Gasteiger partial charge in [-0.15, -0.1) is 0 Å². The predicted molar refractivity (Wildman–Crippen MR) is 55.1 cm³/mol. The van der Waals surface area contributed by atoms with Gasteiger partial charge in [-0.2, -0.15) is 0 Å². The van der Waals surface area contributed by atoms with E-state index in [9.17, 15) is 9.59 Å². The van der Waals surface area contributed by atoms with Crippen LogP contribution in [0.1, 0.15) is 27.2 Å². The minimum absolute atomic E-state index is 0.0207. The van der Waals surface area contributed by atoms with E-state index in [1.165, 1.54) is 0 Å². The van der Waals surface area contributed by atoms with Crippen molar-refractivity contribution >= 4 is 12.3 Å². The van der Waals surface area contributed by atoms with E-state index in [0.717, 1.165) is 12.7 Å². The number of aldehydes is 1. The molecule has 3 nitrogen and oxygen atoms in total. The molecule has 0 aromatic rings. The van der Waals surface area contributed by atoms with E-state index in [4.69, 9.17) is 4.74 Å². The third kappa shape index (κ3) is 1.58. The van der Waals surface area contributed by atoms with Crippen molar-refractivity contribution in [1.29, 1.82) is 0 Å². The molecule has 3 heteroatoms. The van der Waals surface area contributed by atoms with Gasteiger partial charge in [-0.1, -0.05) is 13.8 Å². The van der Waals surface area contributed by atoms with Gasteiger partial charge in [-0.05, 0) is 30.6 Å². The molecule has 84 valence electrons. The fraction of sp³-hybridized carbons (Fsp3) is 0.833. The standard InChI is InChI=1S/C12H18O3/c1-4-15-11(14)10-9(12(10,2)3)8-5-7(8)6-13/h6-10H,4-5H2,1-3H3. The van der Waals surface area contributed by atoms with Crippen molar-refractivity contribution in [2.75, 3.05) is 6.61 Å². The molecule has 2 saturated carbocycles. The molecule has 0 radical (unpaired) electrons. The monoisotopic (exact) mass is 210 g/mol. The van der Waals surface area contributed by atoms with Gasteiger partial charge in [0.05, 0.1) is 12.5 Å².